The van der Waals surface area contributed by atoms with Gasteiger partial charge in [0, 0.05) is 26.4 Å². The van der Waals surface area contributed by atoms with Crippen LogP contribution in [0.1, 0.15) is 0 Å². The van der Waals surface area contributed by atoms with E-state index in [1.54, 1.807) is 43.4 Å². The minimum atomic E-state index is 0.198. The largest absolute Gasteiger partial charge is 0.452 e. The van der Waals surface area contributed by atoms with E-state index >= 15 is 0 Å². The molecule has 0 aromatic heterocycles. The minimum absolute atomic E-state index is 0.198. The molecule has 3 nitrogen and oxygen atoms in total. The summed E-state index contributed by atoms with van der Waals surface area (Å²) in [4.78, 5) is 12.4. The van der Waals surface area contributed by atoms with Crippen molar-refractivity contribution >= 4 is 29.5 Å². The van der Waals surface area contributed by atoms with Gasteiger partial charge in [-0.1, -0.05) is 23.2 Å². The van der Waals surface area contributed by atoms with E-state index in [0.29, 0.717) is 22.1 Å². The quantitative estimate of drug-likeness (QED) is 0.473. The van der Waals surface area contributed by atoms with Crippen molar-refractivity contribution < 1.29 is 9.53 Å². The fourth-order valence-electron chi connectivity index (χ4n) is 1.01. The first-order valence-electron chi connectivity index (χ1n) is 4.49. The van der Waals surface area contributed by atoms with E-state index in [2.05, 4.69) is 0 Å². The molecule has 0 aliphatic heterocycles. The molecular weight excluding hydrogens is 249 g/mol. The van der Waals surface area contributed by atoms with Crippen molar-refractivity contribution in [3.05, 3.63) is 40.2 Å². The lowest BCUT2D eigenvalue weighted by atomic mass is 10.3. The molecule has 0 atom stereocenters. The summed E-state index contributed by atoms with van der Waals surface area (Å²) >= 11 is 11.6. The molecule has 16 heavy (non-hydrogen) atoms. The number of hydrogen-bond acceptors (Lipinski definition) is 3. The van der Waals surface area contributed by atoms with Crippen LogP contribution in [-0.4, -0.2) is 25.3 Å². The van der Waals surface area contributed by atoms with E-state index in [-0.39, 0.29) is 5.76 Å². The molecule has 1 aromatic carbocycles. The van der Waals surface area contributed by atoms with Gasteiger partial charge in [0.2, 0.25) is 0 Å². The first-order valence-corrected chi connectivity index (χ1v) is 5.25. The summed E-state index contributed by atoms with van der Waals surface area (Å²) in [5, 5.41) is 0.826. The second-order valence-electron chi connectivity index (χ2n) is 3.29. The maximum absolute atomic E-state index is 10.7. The second-order valence-corrected chi connectivity index (χ2v) is 4.11. The summed E-state index contributed by atoms with van der Waals surface area (Å²) in [6.45, 7) is 0. The van der Waals surface area contributed by atoms with Crippen molar-refractivity contribution in [3.8, 4) is 5.75 Å². The number of allylic oxidation sites excluding steroid dienone is 1. The highest BCUT2D eigenvalue weighted by Crippen LogP contribution is 2.27. The van der Waals surface area contributed by atoms with Crippen molar-refractivity contribution in [1.29, 1.82) is 0 Å². The third-order valence-corrected chi connectivity index (χ3v) is 2.37. The number of nitrogens with zero attached hydrogens (tertiary/aromatic N) is 1. The van der Waals surface area contributed by atoms with Gasteiger partial charge in [-0.2, -0.15) is 0 Å². The molecule has 0 aliphatic rings. The van der Waals surface area contributed by atoms with Crippen LogP contribution in [-0.2, 0) is 4.79 Å². The number of rotatable bonds is 4. The van der Waals surface area contributed by atoms with E-state index in [0.717, 1.165) is 0 Å². The number of aldehydes is 1. The molecule has 0 saturated carbocycles. The number of halogens is 2. The topological polar surface area (TPSA) is 29.5 Å². The van der Waals surface area contributed by atoms with Crippen molar-refractivity contribution in [3.63, 3.8) is 0 Å². The third-order valence-electron chi connectivity index (χ3n) is 1.63. The second kappa shape index (κ2) is 5.77. The average molecular weight is 260 g/mol. The SMILES string of the molecule is CN(C)/C=C(\C=O)Oc1ccc(Cl)c(Cl)c1. The summed E-state index contributed by atoms with van der Waals surface area (Å²) in [5.74, 6) is 0.665. The van der Waals surface area contributed by atoms with Gasteiger partial charge in [-0.05, 0) is 12.1 Å². The fraction of sp³-hybridized carbons (Fsp3) is 0.182. The van der Waals surface area contributed by atoms with Gasteiger partial charge in [0.1, 0.15) is 5.75 Å². The lowest BCUT2D eigenvalue weighted by Crippen LogP contribution is -2.07. The molecular formula is C11H11Cl2NO2. The van der Waals surface area contributed by atoms with E-state index in [4.69, 9.17) is 27.9 Å². The molecule has 0 heterocycles. The van der Waals surface area contributed by atoms with E-state index in [1.165, 1.54) is 0 Å². The monoisotopic (exact) mass is 259 g/mol. The normalized spacial score (nSPS) is 11.1. The highest BCUT2D eigenvalue weighted by atomic mass is 35.5. The lowest BCUT2D eigenvalue weighted by Gasteiger charge is -2.09. The molecule has 0 amide bonds. The van der Waals surface area contributed by atoms with E-state index in [9.17, 15) is 4.79 Å². The maximum atomic E-state index is 10.7. The summed E-state index contributed by atoms with van der Waals surface area (Å²) in [6, 6.07) is 4.80. The highest BCUT2D eigenvalue weighted by Gasteiger charge is 2.03. The highest BCUT2D eigenvalue weighted by molar-refractivity contribution is 6.42. The Hall–Kier alpha value is -1.19. The standard InChI is InChI=1S/C11H11Cl2NO2/c1-14(2)6-9(7-15)16-8-3-4-10(12)11(13)5-8/h3-7H,1-2H3/b9-6+. The van der Waals surface area contributed by atoms with Gasteiger partial charge in [0.05, 0.1) is 10.0 Å². The number of ether oxygens (including phenoxy) is 1. The van der Waals surface area contributed by atoms with Gasteiger partial charge in [-0.25, -0.2) is 0 Å². The zero-order chi connectivity index (χ0) is 12.1. The van der Waals surface area contributed by atoms with E-state index in [1.807, 2.05) is 0 Å². The Morgan fingerprint density at radius 3 is 2.50 bits per heavy atom. The van der Waals surface area contributed by atoms with Crippen LogP contribution in [0, 0.1) is 0 Å². The van der Waals surface area contributed by atoms with Crippen LogP contribution in [0.4, 0.5) is 0 Å². The summed E-state index contributed by atoms with van der Waals surface area (Å²) in [7, 11) is 3.59. The Morgan fingerprint density at radius 1 is 1.31 bits per heavy atom. The molecule has 0 bridgehead atoms. The predicted octanol–water partition coefficient (Wildman–Crippen LogP) is 2.97. The van der Waals surface area contributed by atoms with Crippen LogP contribution in [0.2, 0.25) is 10.0 Å². The molecule has 0 radical (unpaired) electrons. The van der Waals surface area contributed by atoms with Crippen LogP contribution in [0.15, 0.2) is 30.2 Å². The zero-order valence-corrected chi connectivity index (χ0v) is 10.4. The van der Waals surface area contributed by atoms with Gasteiger partial charge in [0.15, 0.2) is 12.0 Å². The maximum Gasteiger partial charge on any atom is 0.186 e. The Morgan fingerprint density at radius 2 is 2.00 bits per heavy atom. The molecule has 1 rings (SSSR count). The summed E-state index contributed by atoms with van der Waals surface area (Å²) < 4.78 is 5.32. The van der Waals surface area contributed by atoms with Gasteiger partial charge >= 0.3 is 0 Å². The number of benzene rings is 1. The van der Waals surface area contributed by atoms with Gasteiger partial charge in [-0.15, -0.1) is 0 Å². The average Bonchev–Trinajstić information content (AvgIpc) is 2.22. The van der Waals surface area contributed by atoms with Crippen molar-refractivity contribution in [1.82, 2.24) is 4.90 Å². The van der Waals surface area contributed by atoms with Gasteiger partial charge in [-0.3, -0.25) is 4.79 Å². The van der Waals surface area contributed by atoms with Crippen LogP contribution in [0.3, 0.4) is 0 Å². The number of carbonyl (C=O) groups is 1. The van der Waals surface area contributed by atoms with Crippen LogP contribution in [0.5, 0.6) is 5.75 Å². The molecule has 0 N–H and O–H groups in total. The molecule has 86 valence electrons. The third kappa shape index (κ3) is 3.76. The summed E-state index contributed by atoms with van der Waals surface area (Å²) in [5.41, 5.74) is 0. The molecule has 0 aliphatic carbocycles. The van der Waals surface area contributed by atoms with Crippen molar-refractivity contribution in [2.75, 3.05) is 14.1 Å². The molecule has 0 unspecified atom stereocenters. The van der Waals surface area contributed by atoms with Gasteiger partial charge in [0.25, 0.3) is 0 Å². The molecule has 0 saturated heterocycles. The number of carbonyl (C=O) groups excluding carboxylic acids is 1. The van der Waals surface area contributed by atoms with Crippen LogP contribution < -0.4 is 4.74 Å². The minimum Gasteiger partial charge on any atom is -0.452 e. The molecule has 0 fully saturated rings. The Kier molecular flexibility index (Phi) is 4.65. The molecule has 1 aromatic rings. The van der Waals surface area contributed by atoms with Crippen molar-refractivity contribution in [2.24, 2.45) is 0 Å². The first kappa shape index (κ1) is 12.9. The predicted molar refractivity (Wildman–Crippen MR) is 64.9 cm³/mol. The number of hydrogen-bond donors (Lipinski definition) is 0. The lowest BCUT2D eigenvalue weighted by molar-refractivity contribution is -0.106. The van der Waals surface area contributed by atoms with Crippen molar-refractivity contribution in [2.45, 2.75) is 0 Å². The fourth-order valence-corrected chi connectivity index (χ4v) is 1.30. The van der Waals surface area contributed by atoms with Crippen LogP contribution in [0.25, 0.3) is 0 Å². The van der Waals surface area contributed by atoms with Gasteiger partial charge < -0.3 is 9.64 Å². The Bertz CT molecular complexity index is 416. The molecule has 5 heteroatoms. The smallest absolute Gasteiger partial charge is 0.186 e. The summed E-state index contributed by atoms with van der Waals surface area (Å²) in [6.07, 6.45) is 2.19. The first-order chi connectivity index (χ1) is 7.52. The Balaban J connectivity index is 2.86. The Labute approximate surface area is 104 Å². The van der Waals surface area contributed by atoms with Crippen LogP contribution >= 0.6 is 23.2 Å². The van der Waals surface area contributed by atoms with E-state index < -0.39 is 0 Å². The zero-order valence-electron chi connectivity index (χ0n) is 8.91. The molecule has 0 spiro atoms.